The maximum Gasteiger partial charge on any atom is 0.242 e. The lowest BCUT2D eigenvalue weighted by molar-refractivity contribution is -0.141. The fraction of sp³-hybridized carbons (Fsp3) is 0.341. The number of allylic oxidation sites excluding steroid dienone is 2. The number of benzene rings is 2. The first kappa shape index (κ1) is 34.2. The van der Waals surface area contributed by atoms with E-state index in [9.17, 15) is 19.5 Å². The molecular formula is C41H37ClN4O5S2. The Hall–Kier alpha value is -4.58. The molecule has 4 amide bonds. The Balaban J connectivity index is 1.15. The summed E-state index contributed by atoms with van der Waals surface area (Å²) in [5, 5.41) is 19.2. The number of amides is 4. The van der Waals surface area contributed by atoms with Gasteiger partial charge < -0.3 is 5.11 Å². The van der Waals surface area contributed by atoms with Gasteiger partial charge in [-0.05, 0) is 104 Å². The molecule has 53 heavy (non-hydrogen) atoms. The molecule has 0 spiro atoms. The number of likely N-dealkylation sites (tertiary alicyclic amines) is 1. The minimum absolute atomic E-state index is 0.179. The molecule has 2 aliphatic heterocycles. The summed E-state index contributed by atoms with van der Waals surface area (Å²) in [6.45, 7) is 7.78. The Morgan fingerprint density at radius 2 is 1.74 bits per heavy atom. The number of imide groups is 2. The van der Waals surface area contributed by atoms with E-state index < -0.39 is 35.0 Å². The van der Waals surface area contributed by atoms with Crippen LogP contribution in [0, 0.1) is 49.9 Å². The van der Waals surface area contributed by atoms with Crippen molar-refractivity contribution in [3.8, 4) is 16.3 Å². The van der Waals surface area contributed by atoms with Gasteiger partial charge in [0, 0.05) is 33.6 Å². The van der Waals surface area contributed by atoms with Crippen molar-refractivity contribution in [2.75, 3.05) is 4.90 Å². The van der Waals surface area contributed by atoms with Gasteiger partial charge in [-0.15, -0.1) is 22.7 Å². The summed E-state index contributed by atoms with van der Waals surface area (Å²) in [6.07, 6.45) is 2.71. The SMILES string of the molecule is Cc1cc([C@H]2C3=CC[C@@H]4C(=O)N(Cc5cccs5)C(=O)[C@@H]4[C@@H]3C[C@H]3C(=O)N(c4cc(-c5sc6ccc(Cl)cc6c5C)nn4C)C(=O)[C@@]23C)cc(C)c1O. The Labute approximate surface area is 319 Å². The van der Waals surface area contributed by atoms with E-state index in [0.717, 1.165) is 36.5 Å². The maximum absolute atomic E-state index is 15.1. The highest BCUT2D eigenvalue weighted by Crippen LogP contribution is 2.64. The number of aromatic hydroxyl groups is 1. The summed E-state index contributed by atoms with van der Waals surface area (Å²) in [5.74, 6) is -3.40. The van der Waals surface area contributed by atoms with Gasteiger partial charge in [0.25, 0.3) is 0 Å². The summed E-state index contributed by atoms with van der Waals surface area (Å²) in [5.41, 5.74) is 3.51. The van der Waals surface area contributed by atoms with Crippen LogP contribution in [0.4, 0.5) is 5.82 Å². The van der Waals surface area contributed by atoms with E-state index in [-0.39, 0.29) is 42.3 Å². The number of nitrogens with zero attached hydrogens (tertiary/aromatic N) is 4. The maximum atomic E-state index is 15.1. The summed E-state index contributed by atoms with van der Waals surface area (Å²) >= 11 is 9.41. The highest BCUT2D eigenvalue weighted by molar-refractivity contribution is 7.22. The van der Waals surface area contributed by atoms with Gasteiger partial charge in [0.15, 0.2) is 0 Å². The number of thiophene rings is 2. The molecule has 1 saturated carbocycles. The van der Waals surface area contributed by atoms with E-state index in [4.69, 9.17) is 16.7 Å². The molecule has 12 heteroatoms. The van der Waals surface area contributed by atoms with Crippen LogP contribution in [0.1, 0.15) is 52.8 Å². The first-order chi connectivity index (χ1) is 25.3. The van der Waals surface area contributed by atoms with Gasteiger partial charge in [-0.1, -0.05) is 41.4 Å². The minimum Gasteiger partial charge on any atom is -0.507 e. The number of phenols is 1. The second-order valence-corrected chi connectivity index (χ2v) is 17.7. The lowest BCUT2D eigenvalue weighted by Crippen LogP contribution is -2.49. The number of anilines is 1. The van der Waals surface area contributed by atoms with Gasteiger partial charge in [0.1, 0.15) is 17.3 Å². The molecule has 4 aliphatic rings. The summed E-state index contributed by atoms with van der Waals surface area (Å²) < 4.78 is 2.66. The molecule has 9 nitrogen and oxygen atoms in total. The lowest BCUT2D eigenvalue weighted by atomic mass is 9.51. The lowest BCUT2D eigenvalue weighted by Gasteiger charge is -2.49. The molecule has 1 N–H and O–H groups in total. The number of aromatic nitrogens is 2. The van der Waals surface area contributed by atoms with Crippen molar-refractivity contribution in [1.82, 2.24) is 14.7 Å². The van der Waals surface area contributed by atoms with Crippen LogP contribution in [0.15, 0.2) is 65.6 Å². The number of hydrogen-bond donors (Lipinski definition) is 1. The van der Waals surface area contributed by atoms with E-state index in [0.29, 0.717) is 34.1 Å². The van der Waals surface area contributed by atoms with Crippen molar-refractivity contribution in [1.29, 1.82) is 0 Å². The van der Waals surface area contributed by atoms with Crippen LogP contribution in [0.25, 0.3) is 20.7 Å². The van der Waals surface area contributed by atoms with Gasteiger partial charge in [0.05, 0.1) is 34.6 Å². The molecule has 0 radical (unpaired) electrons. The van der Waals surface area contributed by atoms with Gasteiger partial charge >= 0.3 is 0 Å². The normalized spacial score (nSPS) is 26.8. The minimum atomic E-state index is -1.21. The van der Waals surface area contributed by atoms with Crippen molar-refractivity contribution in [2.45, 2.75) is 53.0 Å². The molecule has 2 aromatic carbocycles. The first-order valence-electron chi connectivity index (χ1n) is 17.8. The van der Waals surface area contributed by atoms with Crippen LogP contribution in [-0.2, 0) is 32.8 Å². The third-order valence-corrected chi connectivity index (χ3v) is 14.7. The van der Waals surface area contributed by atoms with Crippen molar-refractivity contribution in [2.24, 2.45) is 36.1 Å². The quantitative estimate of drug-likeness (QED) is 0.143. The molecule has 0 unspecified atom stereocenters. The number of hydrogen-bond acceptors (Lipinski definition) is 8. The average Bonchev–Trinajstić information content (AvgIpc) is 3.93. The van der Waals surface area contributed by atoms with Crippen LogP contribution < -0.4 is 4.90 Å². The van der Waals surface area contributed by atoms with E-state index in [1.807, 2.05) is 81.6 Å². The second-order valence-electron chi connectivity index (χ2n) is 15.2. The number of aryl methyl sites for hydroxylation is 4. The first-order valence-corrected chi connectivity index (χ1v) is 19.9. The number of carbonyl (C=O) groups is 4. The number of phenolic OH excluding ortho intramolecular Hbond substituents is 1. The molecule has 9 rings (SSSR count). The highest BCUT2D eigenvalue weighted by Gasteiger charge is 2.68. The smallest absolute Gasteiger partial charge is 0.242 e. The zero-order chi connectivity index (χ0) is 37.2. The number of carbonyl (C=O) groups excluding carboxylic acids is 4. The molecule has 2 saturated heterocycles. The Morgan fingerprint density at radius 1 is 0.981 bits per heavy atom. The number of halogens is 1. The molecule has 0 bridgehead atoms. The van der Waals surface area contributed by atoms with Crippen molar-refractivity contribution in [3.05, 3.63) is 97.7 Å². The van der Waals surface area contributed by atoms with E-state index >= 15 is 4.79 Å². The molecule has 2 aliphatic carbocycles. The van der Waals surface area contributed by atoms with Gasteiger partial charge in [-0.2, -0.15) is 5.10 Å². The summed E-state index contributed by atoms with van der Waals surface area (Å²) in [7, 11) is 1.74. The predicted octanol–water partition coefficient (Wildman–Crippen LogP) is 8.08. The fourth-order valence-corrected chi connectivity index (χ4v) is 11.8. The molecule has 5 heterocycles. The highest BCUT2D eigenvalue weighted by atomic mass is 35.5. The van der Waals surface area contributed by atoms with E-state index in [2.05, 4.69) is 6.08 Å². The van der Waals surface area contributed by atoms with Crippen molar-refractivity contribution < 1.29 is 24.3 Å². The molecule has 6 atom stereocenters. The molecule has 5 aromatic rings. The second kappa shape index (κ2) is 12.0. The Morgan fingerprint density at radius 3 is 2.45 bits per heavy atom. The number of fused-ring (bicyclic) bond motifs is 5. The average molecular weight is 765 g/mol. The van der Waals surface area contributed by atoms with Gasteiger partial charge in [0.2, 0.25) is 23.6 Å². The fourth-order valence-electron chi connectivity index (χ4n) is 9.76. The summed E-state index contributed by atoms with van der Waals surface area (Å²) in [6, 6.07) is 15.2. The van der Waals surface area contributed by atoms with Crippen molar-refractivity contribution >= 4 is 73.8 Å². The van der Waals surface area contributed by atoms with Crippen LogP contribution >= 0.6 is 34.3 Å². The third kappa shape index (κ3) is 4.82. The molecule has 270 valence electrons. The molecule has 3 fully saturated rings. The topological polar surface area (TPSA) is 113 Å². The molecule has 3 aromatic heterocycles. The predicted molar refractivity (Wildman–Crippen MR) is 206 cm³/mol. The number of rotatable bonds is 5. The third-order valence-electron chi connectivity index (χ3n) is 12.3. The monoisotopic (exact) mass is 764 g/mol. The van der Waals surface area contributed by atoms with Gasteiger partial charge in [-0.3, -0.25) is 28.8 Å². The van der Waals surface area contributed by atoms with E-state index in [1.54, 1.807) is 23.1 Å². The van der Waals surface area contributed by atoms with Gasteiger partial charge in [-0.25, -0.2) is 4.90 Å². The van der Waals surface area contributed by atoms with Crippen LogP contribution in [0.3, 0.4) is 0 Å². The van der Waals surface area contributed by atoms with Crippen LogP contribution in [0.2, 0.25) is 5.02 Å². The molecular weight excluding hydrogens is 728 g/mol. The van der Waals surface area contributed by atoms with Crippen LogP contribution in [0.5, 0.6) is 5.75 Å². The largest absolute Gasteiger partial charge is 0.507 e. The van der Waals surface area contributed by atoms with E-state index in [1.165, 1.54) is 21.1 Å². The van der Waals surface area contributed by atoms with Crippen molar-refractivity contribution in [3.63, 3.8) is 0 Å². The Kier molecular flexibility index (Phi) is 7.72. The summed E-state index contributed by atoms with van der Waals surface area (Å²) in [4.78, 5) is 62.7. The zero-order valence-electron chi connectivity index (χ0n) is 29.8. The standard InChI is InChI=1S/C41H37ClN4O5S2/c1-19-13-22(14-20(2)35(19)47)34-25-9-10-26-33(39(50)45(37(26)48)18-24-7-6-12-52-24)28(25)16-29-38(49)46(40(51)41(29,34)4)32-17-30(43-44(32)5)36-21(3)27-15-23(42)8-11-31(27)53-36/h6-9,11-15,17,26,28-29,33-34,47H,10,16,18H2,1-5H3/t26-,28+,29-,33-,34-,41+/m0/s1. The zero-order valence-corrected chi connectivity index (χ0v) is 32.2. The Bertz CT molecular complexity index is 2440. The van der Waals surface area contributed by atoms with Crippen LogP contribution in [-0.4, -0.2) is 43.4 Å².